The molecule has 14 heavy (non-hydrogen) atoms. The van der Waals surface area contributed by atoms with Gasteiger partial charge in [0.15, 0.2) is 0 Å². The molecule has 1 heterocycles. The summed E-state index contributed by atoms with van der Waals surface area (Å²) in [4.78, 5) is 10.5. The van der Waals surface area contributed by atoms with Crippen molar-refractivity contribution in [3.8, 4) is 0 Å². The van der Waals surface area contributed by atoms with Gasteiger partial charge < -0.3 is 20.1 Å². The fourth-order valence-corrected chi connectivity index (χ4v) is 0.864. The lowest BCUT2D eigenvalue weighted by Crippen LogP contribution is -2.15. The predicted molar refractivity (Wildman–Crippen MR) is 49.6 cm³/mol. The molecule has 5 nitrogen and oxygen atoms in total. The number of carbonyl (C=O) groups excluding carboxylic acids is 1. The second-order valence-corrected chi connectivity index (χ2v) is 3.05. The third-order valence-electron chi connectivity index (χ3n) is 1.71. The molecule has 0 atom stereocenters. The van der Waals surface area contributed by atoms with Crippen molar-refractivity contribution < 1.29 is 24.9 Å². The van der Waals surface area contributed by atoms with Gasteiger partial charge in [-0.25, -0.2) is 0 Å². The molecule has 3 N–H and O–H groups in total. The monoisotopic (exact) mass is 206 g/mol. The zero-order valence-electron chi connectivity index (χ0n) is 8.19. The smallest absolute Gasteiger partial charge is 0.305 e. The van der Waals surface area contributed by atoms with Crippen LogP contribution in [-0.4, -0.2) is 47.2 Å². The minimum Gasteiger partial charge on any atom is -0.466 e. The van der Waals surface area contributed by atoms with Gasteiger partial charge in [-0.2, -0.15) is 0 Å². The van der Waals surface area contributed by atoms with Crippen LogP contribution < -0.4 is 0 Å². The molecule has 0 aromatic carbocycles. The highest BCUT2D eigenvalue weighted by molar-refractivity contribution is 5.69. The molecule has 1 aliphatic heterocycles. The Bertz CT molecular complexity index is 134. The first-order chi connectivity index (χ1) is 6.70. The summed E-state index contributed by atoms with van der Waals surface area (Å²) < 4.78 is 4.76. The molecule has 0 radical (unpaired) electrons. The van der Waals surface area contributed by atoms with Crippen LogP contribution in [0.15, 0.2) is 0 Å². The number of hydrogen-bond acceptors (Lipinski definition) is 5. The SMILES string of the molecule is O=C1CCCCCO1.OCC(O)CO. The van der Waals surface area contributed by atoms with Crippen molar-refractivity contribution >= 4 is 5.97 Å². The Balaban J connectivity index is 0.000000255. The van der Waals surface area contributed by atoms with Crippen molar-refractivity contribution in [3.63, 3.8) is 0 Å². The van der Waals surface area contributed by atoms with Crippen molar-refractivity contribution in [3.05, 3.63) is 0 Å². The third-order valence-corrected chi connectivity index (χ3v) is 1.71. The number of rotatable bonds is 2. The maximum atomic E-state index is 10.5. The lowest BCUT2D eigenvalue weighted by Gasteiger charge is -1.96. The molecule has 0 unspecified atom stereocenters. The third kappa shape index (κ3) is 7.97. The Morgan fingerprint density at radius 3 is 2.36 bits per heavy atom. The van der Waals surface area contributed by atoms with Gasteiger partial charge in [0.05, 0.1) is 19.8 Å². The lowest BCUT2D eigenvalue weighted by atomic mass is 10.2. The van der Waals surface area contributed by atoms with Crippen molar-refractivity contribution in [1.82, 2.24) is 0 Å². The highest BCUT2D eigenvalue weighted by atomic mass is 16.5. The fourth-order valence-electron chi connectivity index (χ4n) is 0.864. The fraction of sp³-hybridized carbons (Fsp3) is 0.889. The van der Waals surface area contributed by atoms with Gasteiger partial charge in [-0.15, -0.1) is 0 Å². The van der Waals surface area contributed by atoms with Gasteiger partial charge in [-0.1, -0.05) is 0 Å². The molecule has 5 heteroatoms. The standard InChI is InChI=1S/C6H10O2.C3H8O3/c7-6-4-2-1-3-5-8-6;4-1-3(6)2-5/h1-5H2;3-6H,1-2H2. The Morgan fingerprint density at radius 2 is 1.86 bits per heavy atom. The first-order valence-corrected chi connectivity index (χ1v) is 4.76. The van der Waals surface area contributed by atoms with Crippen LogP contribution in [-0.2, 0) is 9.53 Å². The molecular weight excluding hydrogens is 188 g/mol. The quantitative estimate of drug-likeness (QED) is 0.527. The molecule has 0 aromatic rings. The Labute approximate surface area is 83.3 Å². The van der Waals surface area contributed by atoms with Crippen LogP contribution >= 0.6 is 0 Å². The molecule has 84 valence electrons. The minimum absolute atomic E-state index is 0.0255. The van der Waals surface area contributed by atoms with E-state index in [-0.39, 0.29) is 19.2 Å². The van der Waals surface area contributed by atoms with Gasteiger partial charge in [0.1, 0.15) is 6.10 Å². The molecule has 0 aliphatic carbocycles. The molecule has 0 spiro atoms. The van der Waals surface area contributed by atoms with E-state index in [4.69, 9.17) is 20.1 Å². The van der Waals surface area contributed by atoms with E-state index < -0.39 is 6.10 Å². The summed E-state index contributed by atoms with van der Waals surface area (Å²) in [6.45, 7) is -0.0914. The topological polar surface area (TPSA) is 87.0 Å². The molecule has 1 aliphatic rings. The summed E-state index contributed by atoms with van der Waals surface area (Å²) in [5, 5.41) is 24.0. The van der Waals surface area contributed by atoms with E-state index in [2.05, 4.69) is 0 Å². The van der Waals surface area contributed by atoms with E-state index >= 15 is 0 Å². The minimum atomic E-state index is -0.954. The van der Waals surface area contributed by atoms with Crippen molar-refractivity contribution in [1.29, 1.82) is 0 Å². The van der Waals surface area contributed by atoms with Gasteiger partial charge in [0.25, 0.3) is 0 Å². The summed E-state index contributed by atoms with van der Waals surface area (Å²) in [6.07, 6.45) is 2.88. The van der Waals surface area contributed by atoms with E-state index in [0.29, 0.717) is 13.0 Å². The predicted octanol–water partition coefficient (Wildman–Crippen LogP) is -0.565. The number of hydrogen-bond donors (Lipinski definition) is 3. The van der Waals surface area contributed by atoms with E-state index in [9.17, 15) is 4.79 Å². The average molecular weight is 206 g/mol. The van der Waals surface area contributed by atoms with Gasteiger partial charge in [0, 0.05) is 6.42 Å². The summed E-state index contributed by atoms with van der Waals surface area (Å²) in [5.74, 6) is -0.0255. The van der Waals surface area contributed by atoms with E-state index in [1.165, 1.54) is 0 Å². The lowest BCUT2D eigenvalue weighted by molar-refractivity contribution is -0.142. The van der Waals surface area contributed by atoms with E-state index in [1.807, 2.05) is 0 Å². The number of ether oxygens (including phenoxy) is 1. The number of cyclic esters (lactones) is 1. The Kier molecular flexibility index (Phi) is 8.51. The van der Waals surface area contributed by atoms with Crippen molar-refractivity contribution in [2.75, 3.05) is 19.8 Å². The molecule has 1 fully saturated rings. The second-order valence-electron chi connectivity index (χ2n) is 3.05. The first kappa shape index (κ1) is 13.4. The average Bonchev–Trinajstić information content (AvgIpc) is 2.45. The maximum Gasteiger partial charge on any atom is 0.305 e. The van der Waals surface area contributed by atoms with Gasteiger partial charge >= 0.3 is 5.97 Å². The summed E-state index contributed by atoms with van der Waals surface area (Å²) in [5.41, 5.74) is 0. The summed E-state index contributed by atoms with van der Waals surface area (Å²) in [6, 6.07) is 0. The summed E-state index contributed by atoms with van der Waals surface area (Å²) >= 11 is 0. The number of carbonyl (C=O) groups is 1. The number of aliphatic hydroxyl groups excluding tert-OH is 3. The van der Waals surface area contributed by atoms with Gasteiger partial charge in [0.2, 0.25) is 0 Å². The second kappa shape index (κ2) is 8.93. The van der Waals surface area contributed by atoms with Crippen LogP contribution in [0, 0.1) is 0 Å². The highest BCUT2D eigenvalue weighted by Crippen LogP contribution is 2.06. The normalized spacial score (nSPS) is 16.7. The zero-order chi connectivity index (χ0) is 10.8. The molecular formula is C9H18O5. The molecule has 1 rings (SSSR count). The van der Waals surface area contributed by atoms with Crippen LogP contribution in [0.1, 0.15) is 25.7 Å². The summed E-state index contributed by atoms with van der Waals surface area (Å²) in [7, 11) is 0. The van der Waals surface area contributed by atoms with Crippen LogP contribution in [0.4, 0.5) is 0 Å². The van der Waals surface area contributed by atoms with Crippen LogP contribution in [0.3, 0.4) is 0 Å². The van der Waals surface area contributed by atoms with Crippen molar-refractivity contribution in [2.45, 2.75) is 31.8 Å². The molecule has 0 amide bonds. The molecule has 0 bridgehead atoms. The highest BCUT2D eigenvalue weighted by Gasteiger charge is 2.05. The van der Waals surface area contributed by atoms with Gasteiger partial charge in [-0.3, -0.25) is 4.79 Å². The zero-order valence-corrected chi connectivity index (χ0v) is 8.19. The largest absolute Gasteiger partial charge is 0.466 e. The number of esters is 1. The van der Waals surface area contributed by atoms with Crippen LogP contribution in [0.2, 0.25) is 0 Å². The Morgan fingerprint density at radius 1 is 1.21 bits per heavy atom. The first-order valence-electron chi connectivity index (χ1n) is 4.76. The Hall–Kier alpha value is -0.650. The van der Waals surface area contributed by atoms with Crippen LogP contribution in [0.25, 0.3) is 0 Å². The van der Waals surface area contributed by atoms with Crippen LogP contribution in [0.5, 0.6) is 0 Å². The van der Waals surface area contributed by atoms with E-state index in [0.717, 1.165) is 19.3 Å². The van der Waals surface area contributed by atoms with Crippen molar-refractivity contribution in [2.24, 2.45) is 0 Å². The number of aliphatic hydroxyl groups is 3. The van der Waals surface area contributed by atoms with Gasteiger partial charge in [-0.05, 0) is 19.3 Å². The van der Waals surface area contributed by atoms with E-state index in [1.54, 1.807) is 0 Å². The molecule has 1 saturated heterocycles. The molecule has 0 aromatic heterocycles. The molecule has 0 saturated carbocycles. The maximum absolute atomic E-state index is 10.5.